The largest absolute Gasteiger partial charge is 0.343 e. The zero-order valence-electron chi connectivity index (χ0n) is 5.41. The molecule has 0 aliphatic carbocycles. The molecule has 11 heavy (non-hydrogen) atoms. The van der Waals surface area contributed by atoms with Gasteiger partial charge < -0.3 is 5.32 Å². The Morgan fingerprint density at radius 2 is 2.45 bits per heavy atom. The Bertz CT molecular complexity index is 305. The van der Waals surface area contributed by atoms with E-state index in [0.717, 1.165) is 0 Å². The van der Waals surface area contributed by atoms with E-state index in [1.54, 1.807) is 12.3 Å². The van der Waals surface area contributed by atoms with Crippen molar-refractivity contribution < 1.29 is 4.79 Å². The van der Waals surface area contributed by atoms with Crippen molar-refractivity contribution in [2.75, 3.05) is 0 Å². The van der Waals surface area contributed by atoms with Crippen molar-refractivity contribution in [1.29, 1.82) is 0 Å². The second kappa shape index (κ2) is 2.17. The van der Waals surface area contributed by atoms with Gasteiger partial charge in [-0.1, -0.05) is 11.6 Å². The van der Waals surface area contributed by atoms with Crippen molar-refractivity contribution in [1.82, 2.24) is 5.32 Å². The molecule has 2 amide bonds. The van der Waals surface area contributed by atoms with E-state index in [0.29, 0.717) is 10.7 Å². The van der Waals surface area contributed by atoms with Gasteiger partial charge in [-0.15, -0.1) is 0 Å². The van der Waals surface area contributed by atoms with Crippen LogP contribution in [-0.4, -0.2) is 24.1 Å². The Morgan fingerprint density at radius 3 is 3.18 bits per heavy atom. The molecule has 0 saturated carbocycles. The fourth-order valence-electron chi connectivity index (χ4n) is 0.960. The molecule has 0 aromatic carbocycles. The third-order valence-electron chi connectivity index (χ3n) is 1.44. The highest BCUT2D eigenvalue weighted by atomic mass is 35.5. The summed E-state index contributed by atoms with van der Waals surface area (Å²) in [5.74, 6) is 0. The molecule has 2 aliphatic heterocycles. The quantitative estimate of drug-likeness (QED) is 0.570. The summed E-state index contributed by atoms with van der Waals surface area (Å²) in [4.78, 5) is 18.3. The van der Waals surface area contributed by atoms with Crippen LogP contribution < -0.4 is 5.32 Å². The molecule has 0 radical (unpaired) electrons. The van der Waals surface area contributed by atoms with Gasteiger partial charge in [0.2, 0.25) is 0 Å². The van der Waals surface area contributed by atoms with E-state index in [1.165, 1.54) is 0 Å². The number of carbonyl (C=O) groups excluding carboxylic acids is 1. The van der Waals surface area contributed by atoms with Crippen LogP contribution in [0.15, 0.2) is 21.1 Å². The molecular formula is C6H4ClN3O. The lowest BCUT2D eigenvalue weighted by Crippen LogP contribution is -2.31. The maximum atomic E-state index is 10.7. The fraction of sp³-hybridized carbons (Fsp3) is 0.167. The number of amides is 2. The summed E-state index contributed by atoms with van der Waals surface area (Å²) in [6.07, 6.45) is 2.80. The average molecular weight is 170 g/mol. The monoisotopic (exact) mass is 169 g/mol. The summed E-state index contributed by atoms with van der Waals surface area (Å²) in [5.41, 5.74) is 0.513. The predicted octanol–water partition coefficient (Wildman–Crippen LogP) is 0.684. The number of allylic oxidation sites excluding steroid dienone is 1. The molecule has 0 fully saturated rings. The number of aliphatic imine (C=N–C) groups is 2. The van der Waals surface area contributed by atoms with Gasteiger partial charge in [-0.25, -0.2) is 4.79 Å². The Hall–Kier alpha value is -1.16. The highest BCUT2D eigenvalue weighted by Gasteiger charge is 2.28. The molecule has 1 N–H and O–H groups in total. The topological polar surface area (TPSA) is 53.8 Å². The maximum Gasteiger partial charge on any atom is 0.343 e. The van der Waals surface area contributed by atoms with Crippen molar-refractivity contribution in [3.05, 3.63) is 11.1 Å². The molecule has 2 heterocycles. The van der Waals surface area contributed by atoms with E-state index in [2.05, 4.69) is 15.3 Å². The van der Waals surface area contributed by atoms with Gasteiger partial charge in [0.05, 0.1) is 5.03 Å². The van der Waals surface area contributed by atoms with E-state index in [1.807, 2.05) is 0 Å². The van der Waals surface area contributed by atoms with Crippen LogP contribution in [-0.2, 0) is 0 Å². The SMILES string of the molecule is O=C1N=C2C(Cl)=CC=NC2N1. The summed E-state index contributed by atoms with van der Waals surface area (Å²) >= 11 is 5.73. The lowest BCUT2D eigenvalue weighted by atomic mass is 10.2. The second-order valence-corrected chi connectivity index (χ2v) is 2.57. The Labute approximate surface area is 67.7 Å². The zero-order chi connectivity index (χ0) is 7.84. The summed E-state index contributed by atoms with van der Waals surface area (Å²) < 4.78 is 0. The zero-order valence-corrected chi connectivity index (χ0v) is 6.17. The second-order valence-electron chi connectivity index (χ2n) is 2.16. The van der Waals surface area contributed by atoms with Gasteiger partial charge in [-0.3, -0.25) is 4.99 Å². The summed E-state index contributed by atoms with van der Waals surface area (Å²) in [6.45, 7) is 0. The summed E-state index contributed by atoms with van der Waals surface area (Å²) in [7, 11) is 0. The van der Waals surface area contributed by atoms with E-state index in [9.17, 15) is 4.79 Å². The van der Waals surface area contributed by atoms with Crippen LogP contribution in [0.25, 0.3) is 0 Å². The first-order valence-electron chi connectivity index (χ1n) is 3.06. The van der Waals surface area contributed by atoms with Crippen LogP contribution in [0.3, 0.4) is 0 Å². The number of nitrogens with zero attached hydrogens (tertiary/aromatic N) is 2. The Balaban J connectivity index is 2.43. The van der Waals surface area contributed by atoms with E-state index in [-0.39, 0.29) is 12.2 Å². The molecule has 0 spiro atoms. The minimum absolute atomic E-state index is 0.361. The molecule has 4 nitrogen and oxygen atoms in total. The fourth-order valence-corrected chi connectivity index (χ4v) is 1.16. The molecular weight excluding hydrogens is 166 g/mol. The Kier molecular flexibility index (Phi) is 1.29. The van der Waals surface area contributed by atoms with Gasteiger partial charge in [0.25, 0.3) is 0 Å². The number of hydrogen-bond acceptors (Lipinski definition) is 2. The van der Waals surface area contributed by atoms with Gasteiger partial charge in [-0.2, -0.15) is 4.99 Å². The van der Waals surface area contributed by atoms with Crippen LogP contribution in [0.4, 0.5) is 4.79 Å². The van der Waals surface area contributed by atoms with Crippen LogP contribution in [0.5, 0.6) is 0 Å². The number of carbonyl (C=O) groups is 1. The van der Waals surface area contributed by atoms with Gasteiger partial charge in [0.1, 0.15) is 5.71 Å². The minimum Gasteiger partial charge on any atom is -0.309 e. The van der Waals surface area contributed by atoms with Crippen molar-refractivity contribution in [2.24, 2.45) is 9.98 Å². The molecule has 0 aromatic heterocycles. The molecule has 0 saturated heterocycles. The highest BCUT2D eigenvalue weighted by Crippen LogP contribution is 2.16. The lowest BCUT2D eigenvalue weighted by Gasteiger charge is -2.09. The normalized spacial score (nSPS) is 27.4. The maximum absolute atomic E-state index is 10.7. The predicted molar refractivity (Wildman–Crippen MR) is 42.2 cm³/mol. The van der Waals surface area contributed by atoms with Crippen LogP contribution in [0, 0.1) is 0 Å². The standard InChI is InChI=1S/C6H4ClN3O/c7-3-1-2-8-5-4(3)9-6(11)10-5/h1-2,5H,(H,10,11). The molecule has 0 aromatic rings. The van der Waals surface area contributed by atoms with E-state index >= 15 is 0 Å². The smallest absolute Gasteiger partial charge is 0.309 e. The summed E-state index contributed by atoms with van der Waals surface area (Å²) in [5, 5.41) is 3.00. The van der Waals surface area contributed by atoms with Crippen molar-refractivity contribution in [2.45, 2.75) is 6.17 Å². The van der Waals surface area contributed by atoms with Crippen LogP contribution in [0.1, 0.15) is 0 Å². The molecule has 56 valence electrons. The van der Waals surface area contributed by atoms with Gasteiger partial charge in [-0.05, 0) is 6.08 Å². The number of rotatable bonds is 0. The number of hydrogen-bond donors (Lipinski definition) is 1. The molecule has 1 unspecified atom stereocenters. The van der Waals surface area contributed by atoms with Crippen molar-refractivity contribution in [3.63, 3.8) is 0 Å². The Morgan fingerprint density at radius 1 is 1.64 bits per heavy atom. The van der Waals surface area contributed by atoms with E-state index in [4.69, 9.17) is 11.6 Å². The van der Waals surface area contributed by atoms with Gasteiger partial charge in [0.15, 0.2) is 6.17 Å². The third kappa shape index (κ3) is 0.952. The van der Waals surface area contributed by atoms with Gasteiger partial charge >= 0.3 is 6.03 Å². The molecule has 5 heteroatoms. The molecule has 2 aliphatic rings. The number of halogens is 1. The first-order valence-corrected chi connectivity index (χ1v) is 3.43. The minimum atomic E-state index is -0.379. The van der Waals surface area contributed by atoms with Crippen LogP contribution in [0.2, 0.25) is 0 Å². The highest BCUT2D eigenvalue weighted by molar-refractivity contribution is 6.47. The van der Waals surface area contributed by atoms with Gasteiger partial charge in [0, 0.05) is 6.21 Å². The average Bonchev–Trinajstić information content (AvgIpc) is 2.31. The lowest BCUT2D eigenvalue weighted by molar-refractivity contribution is 0.250. The van der Waals surface area contributed by atoms with E-state index < -0.39 is 0 Å². The number of urea groups is 1. The number of nitrogens with one attached hydrogen (secondary N) is 1. The first kappa shape index (κ1) is 6.54. The molecule has 1 atom stereocenters. The van der Waals surface area contributed by atoms with Crippen LogP contribution >= 0.6 is 11.6 Å². The van der Waals surface area contributed by atoms with Crippen molar-refractivity contribution >= 4 is 29.6 Å². The molecule has 0 bridgehead atoms. The number of dihydropyridines is 1. The molecule has 2 rings (SSSR count). The van der Waals surface area contributed by atoms with Crippen molar-refractivity contribution in [3.8, 4) is 0 Å². The third-order valence-corrected chi connectivity index (χ3v) is 1.76. The first-order chi connectivity index (χ1) is 5.27. The summed E-state index contributed by atoms with van der Waals surface area (Å²) in [6, 6.07) is -0.379. The number of fused-ring (bicyclic) bond motifs is 1.